The molecule has 0 heterocycles. The quantitative estimate of drug-likeness (QED) is 0.115. The molecule has 0 aromatic heterocycles. The zero-order valence-corrected chi connectivity index (χ0v) is 23.4. The Hall–Kier alpha value is -3.98. The molecule has 0 saturated heterocycles. The Morgan fingerprint density at radius 3 is 2.15 bits per heavy atom. The molecule has 0 aliphatic carbocycles. The van der Waals surface area contributed by atoms with Gasteiger partial charge >= 0.3 is 12.1 Å². The molecule has 0 unspecified atom stereocenters. The van der Waals surface area contributed by atoms with Crippen LogP contribution in [0.15, 0.2) is 72.3 Å². The van der Waals surface area contributed by atoms with Gasteiger partial charge in [-0.1, -0.05) is 74.3 Å². The number of ether oxygens (including phenoxy) is 2. The molecule has 0 fully saturated rings. The first kappa shape index (κ1) is 31.2. The summed E-state index contributed by atoms with van der Waals surface area (Å²) in [6.45, 7) is 6.91. The average molecular weight is 532 g/mol. The Bertz CT molecular complexity index is 1130. The number of carboxylic acids is 1. The molecule has 0 radical (unpaired) electrons. The van der Waals surface area contributed by atoms with E-state index in [1.807, 2.05) is 81.4 Å². The van der Waals surface area contributed by atoms with Crippen LogP contribution in [0.1, 0.15) is 76.8 Å². The van der Waals surface area contributed by atoms with Crippen molar-refractivity contribution in [3.05, 3.63) is 83.4 Å². The average Bonchev–Trinajstić information content (AvgIpc) is 2.89. The summed E-state index contributed by atoms with van der Waals surface area (Å²) in [5, 5.41) is 11.8. The number of hydrogen-bond acceptors (Lipinski definition) is 4. The molecule has 0 aliphatic rings. The highest BCUT2D eigenvalue weighted by Gasteiger charge is 2.15. The maximum atomic E-state index is 11.6. The highest BCUT2D eigenvalue weighted by Crippen LogP contribution is 2.14. The van der Waals surface area contributed by atoms with Gasteiger partial charge in [-0.2, -0.15) is 0 Å². The smallest absolute Gasteiger partial charge is 0.407 e. The Morgan fingerprint density at radius 1 is 0.872 bits per heavy atom. The summed E-state index contributed by atoms with van der Waals surface area (Å²) in [6, 6.07) is 17.3. The SMILES string of the molecule is CC(C)(C)OC(=O)NCCCCCCCCCOc1ccc(C#CC(/C=C\C(=O)O)=C\c2ccccc2)cc1. The molecule has 2 aromatic rings. The van der Waals surface area contributed by atoms with E-state index >= 15 is 0 Å². The second-order valence-electron chi connectivity index (χ2n) is 10.2. The van der Waals surface area contributed by atoms with Crippen LogP contribution in [0.3, 0.4) is 0 Å². The number of allylic oxidation sites excluding steroid dienone is 2. The first-order chi connectivity index (χ1) is 18.7. The monoisotopic (exact) mass is 531 g/mol. The van der Waals surface area contributed by atoms with Crippen LogP contribution in [0.5, 0.6) is 5.75 Å². The Labute approximate surface area is 233 Å². The van der Waals surface area contributed by atoms with E-state index in [9.17, 15) is 9.59 Å². The van der Waals surface area contributed by atoms with Gasteiger partial charge in [-0.25, -0.2) is 9.59 Å². The van der Waals surface area contributed by atoms with Gasteiger partial charge in [-0.05, 0) is 75.6 Å². The van der Waals surface area contributed by atoms with Crippen LogP contribution in [0.25, 0.3) is 6.08 Å². The van der Waals surface area contributed by atoms with Crippen molar-refractivity contribution in [1.29, 1.82) is 0 Å². The van der Waals surface area contributed by atoms with Gasteiger partial charge in [0.15, 0.2) is 0 Å². The van der Waals surface area contributed by atoms with E-state index in [4.69, 9.17) is 14.6 Å². The van der Waals surface area contributed by atoms with Crippen LogP contribution < -0.4 is 10.1 Å². The fraction of sp³-hybridized carbons (Fsp3) is 0.394. The maximum absolute atomic E-state index is 11.6. The van der Waals surface area contributed by atoms with Crippen LogP contribution >= 0.6 is 0 Å². The summed E-state index contributed by atoms with van der Waals surface area (Å²) in [7, 11) is 0. The second-order valence-corrected chi connectivity index (χ2v) is 10.2. The zero-order chi connectivity index (χ0) is 28.3. The van der Waals surface area contributed by atoms with Gasteiger partial charge in [0, 0.05) is 23.8 Å². The Kier molecular flexibility index (Phi) is 14.0. The lowest BCUT2D eigenvalue weighted by molar-refractivity contribution is -0.131. The first-order valence-corrected chi connectivity index (χ1v) is 13.6. The summed E-state index contributed by atoms with van der Waals surface area (Å²) < 4.78 is 11.1. The van der Waals surface area contributed by atoms with Gasteiger partial charge in [-0.15, -0.1) is 0 Å². The first-order valence-electron chi connectivity index (χ1n) is 13.6. The molecule has 6 nitrogen and oxygen atoms in total. The lowest BCUT2D eigenvalue weighted by Gasteiger charge is -2.19. The summed E-state index contributed by atoms with van der Waals surface area (Å²) in [6.07, 6.45) is 11.8. The number of carbonyl (C=O) groups excluding carboxylic acids is 1. The van der Waals surface area contributed by atoms with Gasteiger partial charge in [-0.3, -0.25) is 0 Å². The molecule has 1 amide bonds. The van der Waals surface area contributed by atoms with Crippen LogP contribution in [-0.2, 0) is 9.53 Å². The predicted molar refractivity (Wildman–Crippen MR) is 157 cm³/mol. The molecule has 0 bridgehead atoms. The van der Waals surface area contributed by atoms with Crippen molar-refractivity contribution in [1.82, 2.24) is 5.32 Å². The number of aliphatic carboxylic acids is 1. The van der Waals surface area contributed by atoms with E-state index in [0.717, 1.165) is 55.1 Å². The number of hydrogen-bond donors (Lipinski definition) is 2. The summed E-state index contributed by atoms with van der Waals surface area (Å²) >= 11 is 0. The molecular formula is C33H41NO5. The number of unbranched alkanes of at least 4 members (excludes halogenated alkanes) is 6. The minimum Gasteiger partial charge on any atom is -0.494 e. The van der Waals surface area contributed by atoms with Crippen molar-refractivity contribution >= 4 is 18.1 Å². The fourth-order valence-electron chi connectivity index (χ4n) is 3.60. The molecule has 0 spiro atoms. The minimum atomic E-state index is -1.01. The number of rotatable bonds is 14. The van der Waals surface area contributed by atoms with Gasteiger partial charge in [0.2, 0.25) is 0 Å². The van der Waals surface area contributed by atoms with E-state index in [0.29, 0.717) is 18.7 Å². The lowest BCUT2D eigenvalue weighted by Crippen LogP contribution is -2.32. The maximum Gasteiger partial charge on any atom is 0.407 e. The van der Waals surface area contributed by atoms with Crippen LogP contribution in [0.2, 0.25) is 0 Å². The molecule has 2 rings (SSSR count). The lowest BCUT2D eigenvalue weighted by atomic mass is 10.1. The van der Waals surface area contributed by atoms with Crippen molar-refractivity contribution < 1.29 is 24.2 Å². The molecular weight excluding hydrogens is 490 g/mol. The van der Waals surface area contributed by atoms with E-state index in [1.165, 1.54) is 18.9 Å². The zero-order valence-electron chi connectivity index (χ0n) is 23.4. The van der Waals surface area contributed by atoms with Gasteiger partial charge < -0.3 is 19.9 Å². The van der Waals surface area contributed by atoms with Crippen molar-refractivity contribution in [2.45, 2.75) is 71.3 Å². The van der Waals surface area contributed by atoms with E-state index in [-0.39, 0.29) is 6.09 Å². The third-order valence-electron chi connectivity index (χ3n) is 5.49. The number of nitrogens with one attached hydrogen (secondary N) is 1. The van der Waals surface area contributed by atoms with E-state index in [2.05, 4.69) is 17.2 Å². The third-order valence-corrected chi connectivity index (χ3v) is 5.49. The second kappa shape index (κ2) is 17.5. The molecule has 2 aromatic carbocycles. The van der Waals surface area contributed by atoms with E-state index < -0.39 is 11.6 Å². The summed E-state index contributed by atoms with van der Waals surface area (Å²) in [5.41, 5.74) is 1.93. The molecule has 0 atom stereocenters. The summed E-state index contributed by atoms with van der Waals surface area (Å²) in [4.78, 5) is 22.5. The number of carboxylic acid groups (broad SMARTS) is 1. The molecule has 0 aliphatic heterocycles. The number of alkyl carbamates (subject to hydrolysis) is 1. The third kappa shape index (κ3) is 15.8. The highest BCUT2D eigenvalue weighted by atomic mass is 16.6. The Balaban J connectivity index is 1.64. The highest BCUT2D eigenvalue weighted by molar-refractivity contribution is 5.81. The molecule has 0 saturated carbocycles. The van der Waals surface area contributed by atoms with Crippen molar-refractivity contribution in [2.24, 2.45) is 0 Å². The molecule has 6 heteroatoms. The summed E-state index contributed by atoms with van der Waals surface area (Å²) in [5.74, 6) is 5.95. The Morgan fingerprint density at radius 2 is 1.51 bits per heavy atom. The van der Waals surface area contributed by atoms with Crippen LogP contribution in [0.4, 0.5) is 4.79 Å². The predicted octanol–water partition coefficient (Wildman–Crippen LogP) is 7.40. The molecule has 208 valence electrons. The van der Waals surface area contributed by atoms with E-state index in [1.54, 1.807) is 0 Å². The normalized spacial score (nSPS) is 11.5. The molecule has 2 N–H and O–H groups in total. The van der Waals surface area contributed by atoms with Gasteiger partial charge in [0.05, 0.1) is 6.61 Å². The largest absolute Gasteiger partial charge is 0.494 e. The van der Waals surface area contributed by atoms with Crippen LogP contribution in [0, 0.1) is 11.8 Å². The van der Waals surface area contributed by atoms with Crippen molar-refractivity contribution in [2.75, 3.05) is 13.2 Å². The van der Waals surface area contributed by atoms with Crippen molar-refractivity contribution in [3.8, 4) is 17.6 Å². The van der Waals surface area contributed by atoms with Crippen LogP contribution in [-0.4, -0.2) is 35.9 Å². The topological polar surface area (TPSA) is 84.9 Å². The van der Waals surface area contributed by atoms with Crippen molar-refractivity contribution in [3.63, 3.8) is 0 Å². The fourth-order valence-corrected chi connectivity index (χ4v) is 3.60. The number of carbonyl (C=O) groups is 2. The standard InChI is InChI=1S/C33H41NO5/c1-33(2,3)39-32(37)34-24-12-7-5-4-6-8-13-25-38-30-21-18-27(19-22-30)16-17-29(20-23-31(35)36)26-28-14-10-9-11-15-28/h9-11,14-15,18-23,26H,4-8,12-13,24-25H2,1-3H3,(H,34,37)(H,35,36)/b23-20-,29-26+. The molecule has 39 heavy (non-hydrogen) atoms. The number of amides is 1. The van der Waals surface area contributed by atoms with Gasteiger partial charge in [0.1, 0.15) is 11.4 Å². The van der Waals surface area contributed by atoms with Gasteiger partial charge in [0.25, 0.3) is 0 Å². The minimum absolute atomic E-state index is 0.347. The number of benzene rings is 2.